The van der Waals surface area contributed by atoms with Gasteiger partial charge in [0.25, 0.3) is 0 Å². The summed E-state index contributed by atoms with van der Waals surface area (Å²) in [7, 11) is -3.64. The second-order valence-corrected chi connectivity index (χ2v) is 14.1. The van der Waals surface area contributed by atoms with Crippen LogP contribution in [0.25, 0.3) is 0 Å². The lowest BCUT2D eigenvalue weighted by Crippen LogP contribution is -2.43. The number of carbonyl (C=O) groups is 2. The van der Waals surface area contributed by atoms with Crippen LogP contribution in [0.15, 0.2) is 27.6 Å². The molecule has 2 atom stereocenters. The maximum Gasteiger partial charge on any atom is 0.414 e. The van der Waals surface area contributed by atoms with Crippen LogP contribution in [0.1, 0.15) is 43.2 Å². The molecule has 4 heterocycles. The van der Waals surface area contributed by atoms with Crippen molar-refractivity contribution in [3.8, 4) is 0 Å². The van der Waals surface area contributed by atoms with Gasteiger partial charge in [-0.2, -0.15) is 4.31 Å². The molecular weight excluding hydrogens is 582 g/mol. The van der Waals surface area contributed by atoms with Crippen LogP contribution >= 0.6 is 11.6 Å². The average molecular weight is 622 g/mol. The number of hydrogen-bond donors (Lipinski definition) is 0. The van der Waals surface area contributed by atoms with E-state index < -0.39 is 16.1 Å². The number of benzene rings is 1. The lowest BCUT2D eigenvalue weighted by atomic mass is 10.0. The lowest BCUT2D eigenvalue weighted by Gasteiger charge is -2.32. The third kappa shape index (κ3) is 6.46. The number of halogens is 1. The van der Waals surface area contributed by atoms with Crippen molar-refractivity contribution in [2.45, 2.75) is 58.0 Å². The number of sulfonamides is 1. The summed E-state index contributed by atoms with van der Waals surface area (Å²) in [5.41, 5.74) is 2.01. The summed E-state index contributed by atoms with van der Waals surface area (Å²) in [5, 5.41) is 4.41. The summed E-state index contributed by atoms with van der Waals surface area (Å²) < 4.78 is 39.1. The minimum absolute atomic E-state index is 0.0385. The Kier molecular flexibility index (Phi) is 9.17. The van der Waals surface area contributed by atoms with Gasteiger partial charge in [-0.1, -0.05) is 22.8 Å². The normalized spacial score (nSPS) is 22.0. The zero-order valence-electron chi connectivity index (χ0n) is 24.7. The largest absolute Gasteiger partial charge is 0.446 e. The van der Waals surface area contributed by atoms with Crippen LogP contribution in [0.2, 0.25) is 5.02 Å². The first-order chi connectivity index (χ1) is 19.9. The highest BCUT2D eigenvalue weighted by Gasteiger charge is 2.45. The number of aryl methyl sites for hydroxylation is 3. The van der Waals surface area contributed by atoms with Crippen molar-refractivity contribution in [3.05, 3.63) is 40.2 Å². The molecule has 3 fully saturated rings. The van der Waals surface area contributed by atoms with Crippen molar-refractivity contribution in [2.24, 2.45) is 11.8 Å². The molecular formula is C29H40ClN5O6S. The fourth-order valence-electron chi connectivity index (χ4n) is 6.42. The Morgan fingerprint density at radius 3 is 2.33 bits per heavy atom. The van der Waals surface area contributed by atoms with Gasteiger partial charge in [0.05, 0.1) is 0 Å². The van der Waals surface area contributed by atoms with E-state index in [0.29, 0.717) is 67.7 Å². The summed E-state index contributed by atoms with van der Waals surface area (Å²) in [6.45, 7) is 11.8. The van der Waals surface area contributed by atoms with Crippen molar-refractivity contribution in [3.63, 3.8) is 0 Å². The van der Waals surface area contributed by atoms with Crippen LogP contribution in [0, 0.1) is 32.6 Å². The minimum atomic E-state index is -3.64. The molecule has 0 aliphatic carbocycles. The molecule has 11 nitrogen and oxygen atoms in total. The maximum absolute atomic E-state index is 13.4. The number of rotatable bonds is 8. The van der Waals surface area contributed by atoms with Crippen LogP contribution in [0.4, 0.5) is 10.5 Å². The van der Waals surface area contributed by atoms with E-state index in [0.717, 1.165) is 31.6 Å². The van der Waals surface area contributed by atoms with Gasteiger partial charge in [-0.3, -0.25) is 9.69 Å². The zero-order valence-corrected chi connectivity index (χ0v) is 26.3. The van der Waals surface area contributed by atoms with Gasteiger partial charge in [0.15, 0.2) is 5.76 Å². The van der Waals surface area contributed by atoms with Crippen molar-refractivity contribution in [1.29, 1.82) is 0 Å². The highest BCUT2D eigenvalue weighted by Crippen LogP contribution is 2.36. The molecule has 3 saturated heterocycles. The summed E-state index contributed by atoms with van der Waals surface area (Å²) >= 11 is 6.41. The van der Waals surface area contributed by atoms with E-state index in [2.05, 4.69) is 10.1 Å². The zero-order chi connectivity index (χ0) is 30.2. The summed E-state index contributed by atoms with van der Waals surface area (Å²) in [6.07, 6.45) is 1.32. The quantitative estimate of drug-likeness (QED) is 0.436. The number of hydrogen-bond acceptors (Lipinski definition) is 8. The van der Waals surface area contributed by atoms with Gasteiger partial charge >= 0.3 is 6.09 Å². The standard InChI is InChI=1S/C29H40ClN5O6S/c1-19-6-7-25(14-27(19)30)35(29(37)40-26-8-12-33(13-9-26)22(4)36)11-5-10-32-15-23-17-34(18-24(23)16-32)42(38,39)28-20(2)31-41-21(28)3/h6-7,14,23-24,26H,5,8-13,15-18H2,1-4H3. The highest BCUT2D eigenvalue weighted by atomic mass is 35.5. The second-order valence-electron chi connectivity index (χ2n) is 11.8. The maximum atomic E-state index is 13.4. The molecule has 2 unspecified atom stereocenters. The van der Waals surface area contributed by atoms with Crippen molar-refractivity contribution in [1.82, 2.24) is 19.3 Å². The Bertz CT molecular complexity index is 1390. The number of anilines is 1. The van der Waals surface area contributed by atoms with E-state index in [-0.39, 0.29) is 28.7 Å². The van der Waals surface area contributed by atoms with E-state index in [1.54, 1.807) is 40.9 Å². The number of ether oxygens (including phenoxy) is 1. The molecule has 1 aromatic carbocycles. The molecule has 3 aliphatic heterocycles. The monoisotopic (exact) mass is 621 g/mol. The van der Waals surface area contributed by atoms with Gasteiger partial charge in [-0.25, -0.2) is 13.2 Å². The van der Waals surface area contributed by atoms with Gasteiger partial charge in [0, 0.05) is 76.3 Å². The van der Waals surface area contributed by atoms with Gasteiger partial charge in [-0.15, -0.1) is 0 Å². The molecule has 0 radical (unpaired) electrons. The molecule has 5 rings (SSSR count). The number of likely N-dealkylation sites (tertiary alicyclic amines) is 2. The summed E-state index contributed by atoms with van der Waals surface area (Å²) in [4.78, 5) is 31.0. The first kappa shape index (κ1) is 30.8. The molecule has 0 spiro atoms. The number of nitrogens with zero attached hydrogens (tertiary/aromatic N) is 5. The Labute approximate surface area is 252 Å². The van der Waals surface area contributed by atoms with Gasteiger partial charge in [0.1, 0.15) is 16.7 Å². The summed E-state index contributed by atoms with van der Waals surface area (Å²) in [5.74, 6) is 0.887. The number of amides is 2. The first-order valence-electron chi connectivity index (χ1n) is 14.6. The summed E-state index contributed by atoms with van der Waals surface area (Å²) in [6, 6.07) is 5.58. The molecule has 2 aromatic rings. The van der Waals surface area contributed by atoms with Crippen molar-refractivity contribution in [2.75, 3.05) is 57.3 Å². The van der Waals surface area contributed by atoms with Crippen LogP contribution in [-0.2, 0) is 19.6 Å². The Morgan fingerprint density at radius 1 is 1.10 bits per heavy atom. The van der Waals surface area contributed by atoms with E-state index in [9.17, 15) is 18.0 Å². The molecule has 3 aliphatic rings. The SMILES string of the molecule is CC(=O)N1CCC(OC(=O)N(CCCN2CC3CN(S(=O)(=O)c4c(C)noc4C)CC3C2)c2ccc(C)c(Cl)c2)CC1. The highest BCUT2D eigenvalue weighted by molar-refractivity contribution is 7.89. The smallest absolute Gasteiger partial charge is 0.414 e. The minimum Gasteiger partial charge on any atom is -0.446 e. The van der Waals surface area contributed by atoms with E-state index in [1.807, 2.05) is 19.1 Å². The average Bonchev–Trinajstić information content (AvgIpc) is 3.62. The predicted molar refractivity (Wildman–Crippen MR) is 158 cm³/mol. The topological polar surface area (TPSA) is 116 Å². The predicted octanol–water partition coefficient (Wildman–Crippen LogP) is 3.85. The number of aromatic nitrogens is 1. The van der Waals surface area contributed by atoms with Crippen LogP contribution < -0.4 is 4.90 Å². The van der Waals surface area contributed by atoms with E-state index >= 15 is 0 Å². The lowest BCUT2D eigenvalue weighted by molar-refractivity contribution is -0.130. The number of piperidine rings is 1. The molecule has 2 amide bonds. The first-order valence-corrected chi connectivity index (χ1v) is 16.4. The third-order valence-electron chi connectivity index (χ3n) is 8.79. The third-order valence-corrected chi connectivity index (χ3v) is 11.3. The van der Waals surface area contributed by atoms with Gasteiger partial charge in [-0.05, 0) is 63.3 Å². The molecule has 0 saturated carbocycles. The van der Waals surface area contributed by atoms with Crippen molar-refractivity contribution >= 4 is 39.3 Å². The van der Waals surface area contributed by atoms with Crippen molar-refractivity contribution < 1.29 is 27.3 Å². The Balaban J connectivity index is 1.16. The Hall–Kier alpha value is -2.67. The van der Waals surface area contributed by atoms with E-state index in [4.69, 9.17) is 20.9 Å². The Morgan fingerprint density at radius 2 is 1.76 bits per heavy atom. The molecule has 13 heteroatoms. The number of carbonyl (C=O) groups excluding carboxylic acids is 2. The molecule has 0 N–H and O–H groups in total. The van der Waals surface area contributed by atoms with Gasteiger partial charge < -0.3 is 19.1 Å². The molecule has 230 valence electrons. The molecule has 1 aromatic heterocycles. The molecule has 42 heavy (non-hydrogen) atoms. The van der Waals surface area contributed by atoms with Gasteiger partial charge in [0.2, 0.25) is 15.9 Å². The van der Waals surface area contributed by atoms with Crippen LogP contribution in [0.3, 0.4) is 0 Å². The fourth-order valence-corrected chi connectivity index (χ4v) is 8.44. The second kappa shape index (κ2) is 12.5. The van der Waals surface area contributed by atoms with E-state index in [1.165, 1.54) is 0 Å². The van der Waals surface area contributed by atoms with Crippen LogP contribution in [-0.4, -0.2) is 98.1 Å². The molecule has 0 bridgehead atoms. The van der Waals surface area contributed by atoms with Crippen LogP contribution in [0.5, 0.6) is 0 Å². The number of fused-ring (bicyclic) bond motifs is 1. The fraction of sp³-hybridized carbons (Fsp3) is 0.621.